The van der Waals surface area contributed by atoms with E-state index in [1.807, 2.05) is 24.4 Å². The van der Waals surface area contributed by atoms with E-state index in [0.29, 0.717) is 31.2 Å². The van der Waals surface area contributed by atoms with E-state index in [-0.39, 0.29) is 35.7 Å². The van der Waals surface area contributed by atoms with E-state index >= 15 is 0 Å². The summed E-state index contributed by atoms with van der Waals surface area (Å²) < 4.78 is 13.3. The van der Waals surface area contributed by atoms with Crippen LogP contribution in [0.25, 0.3) is 10.9 Å². The number of hydrogen-bond donors (Lipinski definition) is 4. The monoisotopic (exact) mass is 509 g/mol. The summed E-state index contributed by atoms with van der Waals surface area (Å²) in [5, 5.41) is 10.3. The van der Waals surface area contributed by atoms with E-state index in [9.17, 15) is 9.18 Å². The summed E-state index contributed by atoms with van der Waals surface area (Å²) in [5.74, 6) is 0.323. The van der Waals surface area contributed by atoms with Crippen molar-refractivity contribution >= 4 is 46.7 Å². The number of carbonyl (C=O) groups is 1. The predicted molar refractivity (Wildman–Crippen MR) is 126 cm³/mol. The lowest BCUT2D eigenvalue weighted by atomic mass is 10.1. The van der Waals surface area contributed by atoms with Crippen molar-refractivity contribution in [2.24, 2.45) is 4.99 Å². The van der Waals surface area contributed by atoms with Gasteiger partial charge in [-0.3, -0.25) is 9.79 Å². The van der Waals surface area contributed by atoms with Crippen LogP contribution in [0.2, 0.25) is 0 Å². The highest BCUT2D eigenvalue weighted by Crippen LogP contribution is 2.19. The zero-order valence-corrected chi connectivity index (χ0v) is 18.5. The van der Waals surface area contributed by atoms with Gasteiger partial charge in [-0.25, -0.2) is 4.39 Å². The van der Waals surface area contributed by atoms with Crippen LogP contribution in [0.15, 0.2) is 59.7 Å². The van der Waals surface area contributed by atoms with Crippen LogP contribution < -0.4 is 16.0 Å². The van der Waals surface area contributed by atoms with Crippen molar-refractivity contribution in [3.05, 3.63) is 71.7 Å². The fraction of sp³-hybridized carbons (Fsp3) is 0.238. The molecule has 154 valence electrons. The van der Waals surface area contributed by atoms with Crippen LogP contribution in [0.3, 0.4) is 0 Å². The number of hydrogen-bond acceptors (Lipinski definition) is 2. The number of amides is 1. The molecule has 0 aliphatic rings. The molecule has 0 aliphatic heterocycles. The van der Waals surface area contributed by atoms with E-state index in [1.165, 1.54) is 12.1 Å². The molecule has 8 heteroatoms. The Kier molecular flexibility index (Phi) is 8.91. The van der Waals surface area contributed by atoms with Gasteiger partial charge in [0.05, 0.1) is 0 Å². The van der Waals surface area contributed by atoms with Crippen LogP contribution >= 0.6 is 24.0 Å². The van der Waals surface area contributed by atoms with Gasteiger partial charge >= 0.3 is 0 Å². The predicted octanol–water partition coefficient (Wildman–Crippen LogP) is 3.06. The normalized spacial score (nSPS) is 11.0. The first kappa shape index (κ1) is 22.7. The minimum absolute atomic E-state index is 0. The van der Waals surface area contributed by atoms with Gasteiger partial charge in [0, 0.05) is 49.3 Å². The number of aliphatic imine (C=N–C) groups is 1. The Morgan fingerprint density at radius 1 is 1.03 bits per heavy atom. The van der Waals surface area contributed by atoms with Crippen molar-refractivity contribution in [3.8, 4) is 0 Å². The van der Waals surface area contributed by atoms with Crippen molar-refractivity contribution in [1.82, 2.24) is 20.9 Å². The van der Waals surface area contributed by atoms with Crippen LogP contribution in [-0.2, 0) is 6.42 Å². The molecular formula is C21H25FIN5O. The number of nitrogens with zero attached hydrogens (tertiary/aromatic N) is 1. The minimum Gasteiger partial charge on any atom is -0.361 e. The molecule has 4 N–H and O–H groups in total. The molecule has 0 saturated carbocycles. The topological polar surface area (TPSA) is 81.3 Å². The first-order chi connectivity index (χ1) is 13.7. The molecule has 0 fully saturated rings. The lowest BCUT2D eigenvalue weighted by Crippen LogP contribution is -2.42. The van der Waals surface area contributed by atoms with E-state index in [1.54, 1.807) is 25.2 Å². The molecular weight excluding hydrogens is 484 g/mol. The number of benzene rings is 2. The van der Waals surface area contributed by atoms with Crippen molar-refractivity contribution in [2.45, 2.75) is 6.42 Å². The standard InChI is InChI=1S/C21H24FN5O.HI/c1-23-21(26-12-11-24-20(28)15-5-3-2-4-6-15)25-10-9-16-14-27-19-13-17(22)7-8-18(16)19;/h2-8,13-14,27H,9-12H2,1H3,(H,24,28)(H2,23,25,26);1H. The Hall–Kier alpha value is -2.62. The Morgan fingerprint density at radius 3 is 2.52 bits per heavy atom. The van der Waals surface area contributed by atoms with Gasteiger partial charge < -0.3 is 20.9 Å². The second-order valence-corrected chi connectivity index (χ2v) is 6.30. The molecule has 2 aromatic carbocycles. The fourth-order valence-electron chi connectivity index (χ4n) is 2.95. The maximum atomic E-state index is 13.3. The third kappa shape index (κ3) is 6.45. The molecule has 0 bridgehead atoms. The first-order valence-corrected chi connectivity index (χ1v) is 9.20. The molecule has 0 atom stereocenters. The Bertz CT molecular complexity index is 958. The number of guanidine groups is 1. The van der Waals surface area contributed by atoms with Crippen LogP contribution in [0.4, 0.5) is 4.39 Å². The Morgan fingerprint density at radius 2 is 1.76 bits per heavy atom. The largest absolute Gasteiger partial charge is 0.361 e. The van der Waals surface area contributed by atoms with Gasteiger partial charge in [-0.1, -0.05) is 18.2 Å². The molecule has 0 radical (unpaired) electrons. The zero-order chi connectivity index (χ0) is 19.8. The third-order valence-electron chi connectivity index (χ3n) is 4.38. The van der Waals surface area contributed by atoms with Gasteiger partial charge in [0.2, 0.25) is 0 Å². The van der Waals surface area contributed by atoms with Gasteiger partial charge in [0.15, 0.2) is 5.96 Å². The Balaban J connectivity index is 0.00000300. The molecule has 1 amide bonds. The fourth-order valence-corrected chi connectivity index (χ4v) is 2.95. The SMILES string of the molecule is CN=C(NCCNC(=O)c1ccccc1)NCCc1c[nH]c2cc(F)ccc12.I. The molecule has 29 heavy (non-hydrogen) atoms. The quantitative estimate of drug-likeness (QED) is 0.171. The maximum absolute atomic E-state index is 13.3. The average Bonchev–Trinajstić information content (AvgIpc) is 3.12. The third-order valence-corrected chi connectivity index (χ3v) is 4.38. The number of halogens is 2. The summed E-state index contributed by atoms with van der Waals surface area (Å²) in [5.41, 5.74) is 2.56. The lowest BCUT2D eigenvalue weighted by molar-refractivity contribution is 0.0954. The van der Waals surface area contributed by atoms with E-state index in [4.69, 9.17) is 0 Å². The lowest BCUT2D eigenvalue weighted by Gasteiger charge is -2.12. The number of aromatic amines is 1. The molecule has 6 nitrogen and oxygen atoms in total. The van der Waals surface area contributed by atoms with E-state index in [0.717, 1.165) is 22.9 Å². The average molecular weight is 509 g/mol. The summed E-state index contributed by atoms with van der Waals surface area (Å²) >= 11 is 0. The summed E-state index contributed by atoms with van der Waals surface area (Å²) in [4.78, 5) is 19.3. The Labute approximate surface area is 186 Å². The van der Waals surface area contributed by atoms with Gasteiger partial charge in [0.25, 0.3) is 5.91 Å². The highest BCUT2D eigenvalue weighted by atomic mass is 127. The molecule has 0 aliphatic carbocycles. The maximum Gasteiger partial charge on any atom is 0.251 e. The van der Waals surface area contributed by atoms with Gasteiger partial charge in [-0.05, 0) is 42.3 Å². The smallest absolute Gasteiger partial charge is 0.251 e. The summed E-state index contributed by atoms with van der Waals surface area (Å²) in [6.45, 7) is 1.73. The highest BCUT2D eigenvalue weighted by molar-refractivity contribution is 14.0. The molecule has 1 heterocycles. The zero-order valence-electron chi connectivity index (χ0n) is 16.2. The number of aromatic nitrogens is 1. The number of fused-ring (bicyclic) bond motifs is 1. The van der Waals surface area contributed by atoms with Crippen LogP contribution in [0, 0.1) is 5.82 Å². The van der Waals surface area contributed by atoms with E-state index < -0.39 is 0 Å². The second-order valence-electron chi connectivity index (χ2n) is 6.30. The number of H-pyrrole nitrogens is 1. The minimum atomic E-state index is -0.247. The van der Waals surface area contributed by atoms with Crippen LogP contribution in [-0.4, -0.2) is 43.5 Å². The molecule has 0 unspecified atom stereocenters. The van der Waals surface area contributed by atoms with Crippen molar-refractivity contribution < 1.29 is 9.18 Å². The van der Waals surface area contributed by atoms with Crippen molar-refractivity contribution in [2.75, 3.05) is 26.7 Å². The van der Waals surface area contributed by atoms with E-state index in [2.05, 4.69) is 25.9 Å². The highest BCUT2D eigenvalue weighted by Gasteiger charge is 2.06. The molecule has 3 aromatic rings. The molecule has 0 spiro atoms. The number of rotatable bonds is 7. The number of nitrogens with one attached hydrogen (secondary N) is 4. The summed E-state index contributed by atoms with van der Waals surface area (Å²) in [6.07, 6.45) is 2.68. The molecule has 3 rings (SSSR count). The summed E-state index contributed by atoms with van der Waals surface area (Å²) in [7, 11) is 1.70. The van der Waals surface area contributed by atoms with Gasteiger partial charge in [-0.2, -0.15) is 0 Å². The van der Waals surface area contributed by atoms with Crippen LogP contribution in [0.5, 0.6) is 0 Å². The first-order valence-electron chi connectivity index (χ1n) is 9.20. The summed E-state index contributed by atoms with van der Waals surface area (Å²) in [6, 6.07) is 13.9. The number of carbonyl (C=O) groups excluding carboxylic acids is 1. The van der Waals surface area contributed by atoms with Gasteiger partial charge in [0.1, 0.15) is 5.82 Å². The van der Waals surface area contributed by atoms with Crippen LogP contribution in [0.1, 0.15) is 15.9 Å². The van der Waals surface area contributed by atoms with Gasteiger partial charge in [-0.15, -0.1) is 24.0 Å². The molecule has 0 saturated heterocycles. The van der Waals surface area contributed by atoms with Crippen molar-refractivity contribution in [1.29, 1.82) is 0 Å². The second kappa shape index (κ2) is 11.4. The molecule has 1 aromatic heterocycles. The van der Waals surface area contributed by atoms with Crippen molar-refractivity contribution in [3.63, 3.8) is 0 Å².